The fraction of sp³-hybridized carbons (Fsp3) is 0.737. The van der Waals surface area contributed by atoms with Gasteiger partial charge in [0.25, 0.3) is 0 Å². The van der Waals surface area contributed by atoms with Gasteiger partial charge in [-0.15, -0.1) is 11.3 Å². The summed E-state index contributed by atoms with van der Waals surface area (Å²) in [6.07, 6.45) is 6.63. The van der Waals surface area contributed by atoms with Crippen LogP contribution >= 0.6 is 11.3 Å². The zero-order valence-corrected chi connectivity index (χ0v) is 15.2. The number of nitrogens with one attached hydrogen (secondary N) is 1. The second-order valence-corrected chi connectivity index (χ2v) is 8.84. The third kappa shape index (κ3) is 3.84. The van der Waals surface area contributed by atoms with E-state index in [0.717, 1.165) is 39.1 Å². The number of amides is 1. The van der Waals surface area contributed by atoms with Gasteiger partial charge in [-0.25, -0.2) is 0 Å². The molecule has 1 aliphatic carbocycles. The summed E-state index contributed by atoms with van der Waals surface area (Å²) in [4.78, 5) is 16.3. The largest absolute Gasteiger partial charge is 0.379 e. The summed E-state index contributed by atoms with van der Waals surface area (Å²) in [6, 6.07) is 4.57. The minimum absolute atomic E-state index is 0.210. The molecule has 0 aromatic carbocycles. The summed E-state index contributed by atoms with van der Waals surface area (Å²) < 4.78 is 5.72. The van der Waals surface area contributed by atoms with Crippen LogP contribution < -0.4 is 5.32 Å². The van der Waals surface area contributed by atoms with Crippen molar-refractivity contribution in [3.63, 3.8) is 0 Å². The summed E-state index contributed by atoms with van der Waals surface area (Å²) in [5.41, 5.74) is 0.253. The van der Waals surface area contributed by atoms with E-state index in [1.807, 2.05) is 11.3 Å². The second-order valence-electron chi connectivity index (χ2n) is 7.81. The van der Waals surface area contributed by atoms with Crippen molar-refractivity contribution in [2.75, 3.05) is 26.3 Å². The molecule has 1 saturated carbocycles. The molecule has 2 aliphatic heterocycles. The van der Waals surface area contributed by atoms with Gasteiger partial charge >= 0.3 is 0 Å². The van der Waals surface area contributed by atoms with Crippen molar-refractivity contribution in [3.05, 3.63) is 22.4 Å². The normalized spacial score (nSPS) is 27.2. The zero-order chi connectivity index (χ0) is 16.4. The highest BCUT2D eigenvalue weighted by atomic mass is 32.1. The maximum absolute atomic E-state index is 12.3. The lowest BCUT2D eigenvalue weighted by Crippen LogP contribution is -2.57. The Labute approximate surface area is 148 Å². The molecule has 1 spiro atoms. The van der Waals surface area contributed by atoms with Gasteiger partial charge in [0.1, 0.15) is 0 Å². The van der Waals surface area contributed by atoms with Gasteiger partial charge in [0.2, 0.25) is 5.91 Å². The highest BCUT2D eigenvalue weighted by molar-refractivity contribution is 7.09. The number of piperidine rings is 1. The Morgan fingerprint density at radius 2 is 2.17 bits per heavy atom. The van der Waals surface area contributed by atoms with E-state index in [4.69, 9.17) is 4.74 Å². The average Bonchev–Trinajstić information content (AvgIpc) is 3.24. The molecule has 1 unspecified atom stereocenters. The first-order valence-corrected chi connectivity index (χ1v) is 10.2. The Morgan fingerprint density at radius 3 is 2.88 bits per heavy atom. The van der Waals surface area contributed by atoms with E-state index in [0.29, 0.717) is 12.5 Å². The molecule has 5 heteroatoms. The van der Waals surface area contributed by atoms with Crippen LogP contribution in [0.15, 0.2) is 17.5 Å². The minimum atomic E-state index is 0.210. The topological polar surface area (TPSA) is 41.6 Å². The van der Waals surface area contributed by atoms with Gasteiger partial charge < -0.3 is 10.1 Å². The van der Waals surface area contributed by atoms with E-state index in [1.54, 1.807) is 0 Å². The molecule has 2 saturated heterocycles. The average molecular weight is 349 g/mol. The summed E-state index contributed by atoms with van der Waals surface area (Å²) in [5, 5.41) is 5.49. The number of carbonyl (C=O) groups excluding carboxylic acids is 1. The van der Waals surface area contributed by atoms with Crippen LogP contribution in [0.3, 0.4) is 0 Å². The van der Waals surface area contributed by atoms with Gasteiger partial charge in [0, 0.05) is 24.4 Å². The molecular weight excluding hydrogens is 320 g/mol. The summed E-state index contributed by atoms with van der Waals surface area (Å²) >= 11 is 1.85. The number of nitrogens with zero attached hydrogens (tertiary/aromatic N) is 1. The van der Waals surface area contributed by atoms with Crippen molar-refractivity contribution in [1.29, 1.82) is 0 Å². The van der Waals surface area contributed by atoms with Crippen LogP contribution in [0.25, 0.3) is 0 Å². The van der Waals surface area contributed by atoms with Gasteiger partial charge in [0.05, 0.1) is 12.6 Å². The standard InChI is InChI=1S/C19H28N2O2S/c22-18(12-15-3-4-15)20-17-14-23-10-7-19(17)5-8-21(9-6-19)13-16-2-1-11-24-16/h1-2,11,15,17H,3-10,12-14H2,(H,20,22). The van der Waals surface area contributed by atoms with E-state index in [1.165, 1.54) is 30.6 Å². The van der Waals surface area contributed by atoms with Crippen molar-refractivity contribution in [2.45, 2.75) is 51.1 Å². The number of hydrogen-bond acceptors (Lipinski definition) is 4. The van der Waals surface area contributed by atoms with E-state index >= 15 is 0 Å². The van der Waals surface area contributed by atoms with Crippen LogP contribution in [0.5, 0.6) is 0 Å². The first kappa shape index (κ1) is 16.6. The molecule has 0 radical (unpaired) electrons. The number of thiophene rings is 1. The molecule has 1 atom stereocenters. The van der Waals surface area contributed by atoms with E-state index < -0.39 is 0 Å². The fourth-order valence-corrected chi connectivity index (χ4v) is 4.98. The van der Waals surface area contributed by atoms with Crippen molar-refractivity contribution in [2.24, 2.45) is 11.3 Å². The first-order chi connectivity index (χ1) is 11.7. The minimum Gasteiger partial charge on any atom is -0.379 e. The Morgan fingerprint density at radius 1 is 1.33 bits per heavy atom. The van der Waals surface area contributed by atoms with Crippen molar-refractivity contribution < 1.29 is 9.53 Å². The SMILES string of the molecule is O=C(CC1CC1)NC1COCCC12CCN(Cc1cccs1)CC2. The predicted octanol–water partition coefficient (Wildman–Crippen LogP) is 3.04. The first-order valence-electron chi connectivity index (χ1n) is 9.35. The van der Waals surface area contributed by atoms with Crippen LogP contribution in [0, 0.1) is 11.3 Å². The molecule has 1 aromatic heterocycles. The van der Waals surface area contributed by atoms with Crippen LogP contribution in [0.1, 0.15) is 43.4 Å². The molecule has 132 valence electrons. The highest BCUT2D eigenvalue weighted by Gasteiger charge is 2.44. The monoisotopic (exact) mass is 348 g/mol. The maximum Gasteiger partial charge on any atom is 0.220 e. The second kappa shape index (κ2) is 7.14. The van der Waals surface area contributed by atoms with Crippen LogP contribution in [0.2, 0.25) is 0 Å². The third-order valence-electron chi connectivity index (χ3n) is 6.09. The molecular formula is C19H28N2O2S. The fourth-order valence-electron chi connectivity index (χ4n) is 4.24. The lowest BCUT2D eigenvalue weighted by molar-refractivity contribution is -0.127. The predicted molar refractivity (Wildman–Crippen MR) is 96.0 cm³/mol. The number of carbonyl (C=O) groups is 1. The van der Waals surface area contributed by atoms with Crippen molar-refractivity contribution in [3.8, 4) is 0 Å². The Hall–Kier alpha value is -0.910. The Bertz CT molecular complexity index is 548. The van der Waals surface area contributed by atoms with Gasteiger partial charge in [-0.3, -0.25) is 9.69 Å². The lowest BCUT2D eigenvalue weighted by Gasteiger charge is -2.49. The maximum atomic E-state index is 12.3. The third-order valence-corrected chi connectivity index (χ3v) is 6.95. The Balaban J connectivity index is 1.34. The molecule has 1 aromatic rings. The Kier molecular flexibility index (Phi) is 4.93. The molecule has 0 bridgehead atoms. The van der Waals surface area contributed by atoms with Gasteiger partial charge in [0.15, 0.2) is 0 Å². The molecule has 24 heavy (non-hydrogen) atoms. The van der Waals surface area contributed by atoms with E-state index in [9.17, 15) is 4.79 Å². The quantitative estimate of drug-likeness (QED) is 0.889. The molecule has 4 rings (SSSR count). The van der Waals surface area contributed by atoms with Gasteiger partial charge in [-0.05, 0) is 68.0 Å². The molecule has 3 heterocycles. The lowest BCUT2D eigenvalue weighted by atomic mass is 9.69. The highest BCUT2D eigenvalue weighted by Crippen LogP contribution is 2.41. The zero-order valence-electron chi connectivity index (χ0n) is 14.3. The van der Waals surface area contributed by atoms with Gasteiger partial charge in [-0.1, -0.05) is 6.07 Å². The van der Waals surface area contributed by atoms with Crippen LogP contribution in [-0.4, -0.2) is 43.2 Å². The van der Waals surface area contributed by atoms with E-state index in [2.05, 4.69) is 27.7 Å². The van der Waals surface area contributed by atoms with Gasteiger partial charge in [-0.2, -0.15) is 0 Å². The van der Waals surface area contributed by atoms with E-state index in [-0.39, 0.29) is 17.4 Å². The molecule has 4 nitrogen and oxygen atoms in total. The molecule has 1 N–H and O–H groups in total. The number of ether oxygens (including phenoxy) is 1. The van der Waals surface area contributed by atoms with Crippen LogP contribution in [0.4, 0.5) is 0 Å². The van der Waals surface area contributed by atoms with Crippen LogP contribution in [-0.2, 0) is 16.1 Å². The molecule has 3 fully saturated rings. The molecule has 1 amide bonds. The smallest absolute Gasteiger partial charge is 0.220 e. The van der Waals surface area contributed by atoms with Crippen molar-refractivity contribution >= 4 is 17.2 Å². The van der Waals surface area contributed by atoms with Crippen molar-refractivity contribution in [1.82, 2.24) is 10.2 Å². The number of hydrogen-bond donors (Lipinski definition) is 1. The molecule has 3 aliphatic rings. The number of rotatable bonds is 5. The summed E-state index contributed by atoms with van der Waals surface area (Å²) in [5.74, 6) is 0.895. The number of likely N-dealkylation sites (tertiary alicyclic amines) is 1. The summed E-state index contributed by atoms with van der Waals surface area (Å²) in [7, 11) is 0. The summed E-state index contributed by atoms with van der Waals surface area (Å²) in [6.45, 7) is 4.88.